The highest BCUT2D eigenvalue weighted by Crippen LogP contribution is 2.22. The molecule has 0 radical (unpaired) electrons. The highest BCUT2D eigenvalue weighted by molar-refractivity contribution is 5.91. The number of hydrogen-bond donors (Lipinski definition) is 17. The van der Waals surface area contributed by atoms with Gasteiger partial charge in [-0.2, -0.15) is 0 Å². The molecule has 134 heavy (non-hydrogen) atoms. The maximum atomic E-state index is 14.4. The number of nitrogens with one attached hydrogen (secondary N) is 15. The van der Waals surface area contributed by atoms with Crippen LogP contribution in [0, 0.1) is 88.8 Å². The molecule has 33 heteroatoms. The summed E-state index contributed by atoms with van der Waals surface area (Å²) in [6, 6.07) is 23.8. The summed E-state index contributed by atoms with van der Waals surface area (Å²) in [4.78, 5) is 217. The monoisotopic (exact) mass is 1870 g/mol. The molecular weight excluding hydrogens is 1710 g/mol. The molecule has 0 unspecified atom stereocenters. The quantitative estimate of drug-likeness (QED) is 0.0284. The van der Waals surface area contributed by atoms with Gasteiger partial charge in [-0.25, -0.2) is 0 Å². The van der Waals surface area contributed by atoms with Crippen LogP contribution in [-0.2, 0) is 96.0 Å². The summed E-state index contributed by atoms with van der Waals surface area (Å²) in [6.07, 6.45) is 1.41. The third-order valence-corrected chi connectivity index (χ3v) is 23.6. The van der Waals surface area contributed by atoms with Crippen LogP contribution >= 0.6 is 0 Å². The normalized spacial score (nSPS) is 14.9. The van der Waals surface area contributed by atoms with Gasteiger partial charge in [0.2, 0.25) is 94.5 Å². The lowest BCUT2D eigenvalue weighted by atomic mass is 9.93. The summed E-state index contributed by atoms with van der Waals surface area (Å²) in [5.41, 5.74) is 13.8. The SMILES string of the molecule is CC(C)C[C@H](N)CNC(=O)[C@@H](C)CC(=O)N[C@H](CNC(=O)[C@H](CC(=O)N[C@H](CNC(=O)[C@@H](C)CC(=O)N[C@H](CNC(=O)[C@H](CC(=O)N[C@H](CNC(=O)[C@@H](C)CC(=O)N[C@H](CNC(=O)[C@H](CC(=O)N[C@H](CNC(=O)[C@@H](C)CC(=O)N[C@H](CNC(=O)CCC(N)=O)CC(C)C)C(C)C)Cc1ccccc1)C(C)C)CC(C)C)Cc1ccccc1)CC(C)C)C(C)C)Cc1ccccc1)C(C)C. The van der Waals surface area contributed by atoms with E-state index in [4.69, 9.17) is 11.5 Å². The van der Waals surface area contributed by atoms with Gasteiger partial charge in [0.25, 0.3) is 0 Å². The Morgan fingerprint density at radius 2 is 0.470 bits per heavy atom. The Balaban J connectivity index is 1.62. The second kappa shape index (κ2) is 62.7. The molecule has 0 fully saturated rings. The average Bonchev–Trinajstić information content (AvgIpc) is 0.877. The average molecular weight is 1870 g/mol. The first kappa shape index (κ1) is 117. The minimum absolute atomic E-state index is 0.00159. The van der Waals surface area contributed by atoms with Crippen molar-refractivity contribution in [3.05, 3.63) is 108 Å². The lowest BCUT2D eigenvalue weighted by molar-refractivity contribution is -0.132. The van der Waals surface area contributed by atoms with Gasteiger partial charge in [-0.3, -0.25) is 76.7 Å². The van der Waals surface area contributed by atoms with Crippen molar-refractivity contribution in [3.63, 3.8) is 0 Å². The van der Waals surface area contributed by atoms with Gasteiger partial charge in [0.05, 0.1) is 17.8 Å². The van der Waals surface area contributed by atoms with E-state index in [9.17, 15) is 76.7 Å². The molecule has 0 aliphatic carbocycles. The molecule has 0 aromatic heterocycles. The van der Waals surface area contributed by atoms with E-state index in [1.807, 2.05) is 188 Å². The van der Waals surface area contributed by atoms with Crippen LogP contribution in [-0.4, -0.2) is 195 Å². The van der Waals surface area contributed by atoms with Crippen molar-refractivity contribution >= 4 is 94.5 Å². The minimum atomic E-state index is -0.868. The molecule has 15 atom stereocenters. The predicted molar refractivity (Wildman–Crippen MR) is 521 cm³/mol. The number of hydrogen-bond acceptors (Lipinski definition) is 17. The molecule has 19 N–H and O–H groups in total. The van der Waals surface area contributed by atoms with Gasteiger partial charge in [-0.15, -0.1) is 0 Å². The van der Waals surface area contributed by atoms with Crippen LogP contribution in [0.25, 0.3) is 0 Å². The molecule has 0 aliphatic heterocycles. The molecule has 16 amide bonds. The zero-order valence-corrected chi connectivity index (χ0v) is 83.6. The first-order valence-corrected chi connectivity index (χ1v) is 48.5. The predicted octanol–water partition coefficient (Wildman–Crippen LogP) is 6.56. The molecule has 0 aliphatic rings. The third-order valence-electron chi connectivity index (χ3n) is 23.6. The van der Waals surface area contributed by atoms with Gasteiger partial charge in [0.1, 0.15) is 0 Å². The number of rotatable bonds is 65. The van der Waals surface area contributed by atoms with Crippen LogP contribution in [0.2, 0.25) is 0 Å². The van der Waals surface area contributed by atoms with Crippen LogP contribution < -0.4 is 91.2 Å². The van der Waals surface area contributed by atoms with E-state index in [0.717, 1.165) is 23.1 Å². The molecular formula is C101H165N17O16. The Hall–Kier alpha value is -10.9. The van der Waals surface area contributed by atoms with Crippen LogP contribution in [0.1, 0.15) is 239 Å². The highest BCUT2D eigenvalue weighted by Gasteiger charge is 2.34. The molecule has 3 rings (SSSR count). The second-order valence-corrected chi connectivity index (χ2v) is 39.9. The number of carbonyl (C=O) groups excluding carboxylic acids is 16. The molecule has 0 saturated carbocycles. The van der Waals surface area contributed by atoms with Crippen molar-refractivity contribution in [2.75, 3.05) is 52.4 Å². The van der Waals surface area contributed by atoms with E-state index in [0.29, 0.717) is 31.7 Å². The highest BCUT2D eigenvalue weighted by atomic mass is 16.2. The summed E-state index contributed by atoms with van der Waals surface area (Å²) >= 11 is 0. The van der Waals surface area contributed by atoms with Crippen molar-refractivity contribution in [2.24, 2.45) is 100 Å². The lowest BCUT2D eigenvalue weighted by Crippen LogP contribution is -2.50. The van der Waals surface area contributed by atoms with Gasteiger partial charge in [-0.05, 0) is 109 Å². The topological polar surface area (TPSA) is 506 Å². The molecule has 0 spiro atoms. The summed E-state index contributed by atoms with van der Waals surface area (Å²) in [5, 5.41) is 44.3. The Bertz CT molecular complexity index is 4140. The first-order valence-electron chi connectivity index (χ1n) is 48.5. The summed E-state index contributed by atoms with van der Waals surface area (Å²) in [7, 11) is 0. The number of nitrogens with two attached hydrogens (primary N) is 2. The van der Waals surface area contributed by atoms with Gasteiger partial charge in [-0.1, -0.05) is 229 Å². The zero-order valence-electron chi connectivity index (χ0n) is 83.6. The zero-order chi connectivity index (χ0) is 100. The van der Waals surface area contributed by atoms with Gasteiger partial charge in [0.15, 0.2) is 0 Å². The fourth-order valence-corrected chi connectivity index (χ4v) is 15.5. The molecule has 33 nitrogen and oxygen atoms in total. The van der Waals surface area contributed by atoms with Crippen LogP contribution in [0.3, 0.4) is 0 Å². The van der Waals surface area contributed by atoms with Gasteiger partial charge < -0.3 is 91.2 Å². The van der Waals surface area contributed by atoms with E-state index >= 15 is 0 Å². The van der Waals surface area contributed by atoms with Crippen LogP contribution in [0.5, 0.6) is 0 Å². The molecule has 0 bridgehead atoms. The Morgan fingerprint density at radius 1 is 0.246 bits per heavy atom. The fourth-order valence-electron chi connectivity index (χ4n) is 15.5. The smallest absolute Gasteiger partial charge is 0.224 e. The Labute approximate surface area is 796 Å². The first-order chi connectivity index (χ1) is 63.1. The molecule has 3 aromatic carbocycles. The second-order valence-electron chi connectivity index (χ2n) is 39.9. The van der Waals surface area contributed by atoms with Gasteiger partial charge >= 0.3 is 0 Å². The van der Waals surface area contributed by atoms with Crippen molar-refractivity contribution in [2.45, 2.75) is 290 Å². The third kappa shape index (κ3) is 50.5. The maximum absolute atomic E-state index is 14.4. The molecule has 0 heterocycles. The van der Waals surface area contributed by atoms with Crippen molar-refractivity contribution in [1.82, 2.24) is 79.8 Å². The van der Waals surface area contributed by atoms with Gasteiger partial charge in [0, 0.05) is 182 Å². The van der Waals surface area contributed by atoms with E-state index in [1.54, 1.807) is 27.7 Å². The maximum Gasteiger partial charge on any atom is 0.224 e. The summed E-state index contributed by atoms with van der Waals surface area (Å²) in [5.74, 6) is -12.2. The molecule has 750 valence electrons. The van der Waals surface area contributed by atoms with Crippen molar-refractivity contribution < 1.29 is 76.7 Å². The van der Waals surface area contributed by atoms with Crippen LogP contribution in [0.15, 0.2) is 91.0 Å². The van der Waals surface area contributed by atoms with E-state index in [-0.39, 0.29) is 188 Å². The minimum Gasteiger partial charge on any atom is -0.370 e. The molecule has 0 saturated heterocycles. The van der Waals surface area contributed by atoms with E-state index < -0.39 is 161 Å². The summed E-state index contributed by atoms with van der Waals surface area (Å²) in [6.45, 7) is 38.2. The molecule has 3 aromatic rings. The van der Waals surface area contributed by atoms with Crippen LogP contribution in [0.4, 0.5) is 0 Å². The van der Waals surface area contributed by atoms with Crippen molar-refractivity contribution in [3.8, 4) is 0 Å². The Kier molecular flexibility index (Phi) is 54.8. The Morgan fingerprint density at radius 3 is 0.731 bits per heavy atom. The standard InChI is InChI=1S/C101H165N17O16/c1-60(2)38-78(102)52-105-95(128)70(19)44-90(123)115-84(66(13)14)58-110-100(133)76(47-73-32-26-22-27-33-73)50-94(127)118-83(65(11)12)57-109-98(131)69(18)43-89(122)113-81(41-63(7)8)55-107-99(132)75(46-72-30-24-21-25-31-72)49-92(125)114-80(40-62(5)6)54-106-96(129)71(20)45-91(124)116-85(67(15)16)59-111-101(134)77(48-74-34-28-23-29-35-74)51-93(126)117-82(64(9)10)56-108-97(130)68(17)42-88(121)112-79(39-61(3)4)53-104-87(120)37-36-86(103)119/h21-35,60-71,75-85H,36-59,102H2,1-20H3,(H2,103,119)(H,104,120)(H,105,128)(H,106,129)(H,107,132)(H,108,130)(H,109,131)(H,110,133)(H,111,134)(H,112,121)(H,113,122)(H,114,125)(H,115,123)(H,116,124)(H,117,126)(H,118,127)/t68-,69-,70-,71-,75-,76-,77-,78-,79-,80-,81-,82+,83+,84+,85+/m0/s1. The number of benzene rings is 3. The summed E-state index contributed by atoms with van der Waals surface area (Å²) < 4.78 is 0. The largest absolute Gasteiger partial charge is 0.370 e. The number of primary amides is 1. The lowest BCUT2D eigenvalue weighted by Gasteiger charge is -2.27. The number of amides is 16. The van der Waals surface area contributed by atoms with E-state index in [2.05, 4.69) is 93.6 Å². The van der Waals surface area contributed by atoms with Crippen molar-refractivity contribution in [1.29, 1.82) is 0 Å². The number of carbonyl (C=O) groups is 16. The fraction of sp³-hybridized carbons (Fsp3) is 0.663. The van der Waals surface area contributed by atoms with E-state index in [1.165, 1.54) is 0 Å².